The van der Waals surface area contributed by atoms with Crippen molar-refractivity contribution < 1.29 is 31.6 Å². The molecule has 364 valence electrons. The van der Waals surface area contributed by atoms with Crippen LogP contribution < -0.4 is 20.6 Å². The van der Waals surface area contributed by atoms with Crippen molar-refractivity contribution in [2.45, 2.75) is 53.3 Å². The molecular formula is C50H34Cl3F4N9O5S. The molecule has 0 atom stereocenters. The number of benzene rings is 2. The van der Waals surface area contributed by atoms with Crippen molar-refractivity contribution in [1.82, 2.24) is 44.0 Å². The van der Waals surface area contributed by atoms with Gasteiger partial charge in [-0.05, 0) is 69.3 Å². The van der Waals surface area contributed by atoms with Crippen LogP contribution in [0.15, 0.2) is 118 Å². The van der Waals surface area contributed by atoms with Gasteiger partial charge in [-0.15, -0.1) is 0 Å². The van der Waals surface area contributed by atoms with Gasteiger partial charge in [-0.3, -0.25) is 14.6 Å². The number of aromatic nitrogens is 9. The van der Waals surface area contributed by atoms with Gasteiger partial charge in [0.2, 0.25) is 0 Å². The normalized spacial score (nSPS) is 11.8. The summed E-state index contributed by atoms with van der Waals surface area (Å²) in [6.07, 6.45) is 0.156. The number of hydrogen-bond donors (Lipinski definition) is 0. The summed E-state index contributed by atoms with van der Waals surface area (Å²) >= 11 is 21.8. The zero-order valence-corrected chi connectivity index (χ0v) is 40.8. The van der Waals surface area contributed by atoms with Crippen molar-refractivity contribution in [2.24, 2.45) is 0 Å². The van der Waals surface area contributed by atoms with Crippen LogP contribution in [0.4, 0.5) is 17.6 Å². The number of nitrogens with zero attached hydrogens (tertiary/aromatic N) is 9. The Morgan fingerprint density at radius 1 is 0.764 bits per heavy atom. The topological polar surface area (TPSA) is 158 Å². The summed E-state index contributed by atoms with van der Waals surface area (Å²) in [6, 6.07) is 20.5. The van der Waals surface area contributed by atoms with Crippen molar-refractivity contribution >= 4 is 67.9 Å². The minimum absolute atomic E-state index is 0.0253. The number of halogens is 7. The Morgan fingerprint density at radius 3 is 2.14 bits per heavy atom. The first-order valence-electron chi connectivity index (χ1n) is 21.7. The second-order valence-corrected chi connectivity index (χ2v) is 18.8. The number of fused-ring (bicyclic) bond motifs is 2. The average Bonchev–Trinajstić information content (AvgIpc) is 4.04. The average molecular weight is 1060 g/mol. The largest absolute Gasteiger partial charge is 0.486 e. The molecule has 0 aliphatic heterocycles. The summed E-state index contributed by atoms with van der Waals surface area (Å²) in [7, 11) is 0. The van der Waals surface area contributed by atoms with Crippen LogP contribution >= 0.6 is 46.1 Å². The SMILES string of the molecule is Cc1cc(-c2nc(-c3cc(Cl)c(COc4cccc5c(-n6cc(F)cn6)cc(C)nc45)c(Cn4cccc(C(F)(F)F)c4=O)n3)sc2Cl)c2cccc(OCc3c(Cl)ccnc3Cn3oc(C)cc3=O)c2n1. The van der Waals surface area contributed by atoms with Crippen LogP contribution in [-0.2, 0) is 32.5 Å². The van der Waals surface area contributed by atoms with Gasteiger partial charge in [-0.2, -0.15) is 23.0 Å². The first-order valence-corrected chi connectivity index (χ1v) is 23.6. The van der Waals surface area contributed by atoms with Crippen molar-refractivity contribution in [3.8, 4) is 39.1 Å². The van der Waals surface area contributed by atoms with E-state index in [1.807, 2.05) is 12.1 Å². The van der Waals surface area contributed by atoms with E-state index in [1.54, 1.807) is 63.2 Å². The zero-order chi connectivity index (χ0) is 50.6. The van der Waals surface area contributed by atoms with E-state index in [-0.39, 0.29) is 51.6 Å². The van der Waals surface area contributed by atoms with Gasteiger partial charge in [0.15, 0.2) is 5.82 Å². The highest BCUT2D eigenvalue weighted by molar-refractivity contribution is 7.19. The lowest BCUT2D eigenvalue weighted by molar-refractivity contribution is -0.138. The summed E-state index contributed by atoms with van der Waals surface area (Å²) in [5.74, 6) is 0.634. The maximum absolute atomic E-state index is 14.1. The number of hydrogen-bond acceptors (Lipinski definition) is 12. The molecule has 0 radical (unpaired) electrons. The number of para-hydroxylation sites is 2. The third-order valence-electron chi connectivity index (χ3n) is 11.5. The van der Waals surface area contributed by atoms with Crippen LogP contribution in [0.2, 0.25) is 14.4 Å². The van der Waals surface area contributed by atoms with E-state index in [0.29, 0.717) is 94.8 Å². The molecular weight excluding hydrogens is 1020 g/mol. The van der Waals surface area contributed by atoms with Crippen molar-refractivity contribution in [3.05, 3.63) is 190 Å². The number of pyridine rings is 5. The molecule has 0 N–H and O–H groups in total. The number of thiazole rings is 1. The molecule has 0 spiro atoms. The summed E-state index contributed by atoms with van der Waals surface area (Å²) in [4.78, 5) is 49.5. The van der Waals surface area contributed by atoms with Crippen LogP contribution in [0.1, 0.15) is 45.2 Å². The van der Waals surface area contributed by atoms with Gasteiger partial charge in [0.05, 0.1) is 46.1 Å². The van der Waals surface area contributed by atoms with Crippen LogP contribution in [0, 0.1) is 26.6 Å². The van der Waals surface area contributed by atoms with Gasteiger partial charge in [0, 0.05) is 57.3 Å². The van der Waals surface area contributed by atoms with E-state index in [9.17, 15) is 27.2 Å². The maximum Gasteiger partial charge on any atom is 0.421 e. The standard InChI is InChI=1S/C50H34Cl3F4N9O5S/c1-25-15-31(29-7-4-10-41(44(29)60-25)69-23-32-35(51)12-13-58-38(32)22-66-43(67)17-27(3)71-66)46-47(53)72-48(63-46)37-18-36(52)33(39(62-37)21-64-14-6-9-34(49(64)68)50(55,56)57)24-70-42-11-5-8-30-40(16-26(2)61-45(30)42)65-20-28(54)19-59-65/h4-20H,21-24H2,1-3H3. The molecule has 0 saturated heterocycles. The lowest BCUT2D eigenvalue weighted by Crippen LogP contribution is -2.29. The van der Waals surface area contributed by atoms with Crippen molar-refractivity contribution in [3.63, 3.8) is 0 Å². The summed E-state index contributed by atoms with van der Waals surface area (Å²) < 4.78 is 78.0. The van der Waals surface area contributed by atoms with E-state index in [4.69, 9.17) is 63.8 Å². The van der Waals surface area contributed by atoms with Crippen LogP contribution in [-0.4, -0.2) is 44.0 Å². The van der Waals surface area contributed by atoms with Crippen LogP contribution in [0.5, 0.6) is 11.5 Å². The smallest absolute Gasteiger partial charge is 0.421 e. The Kier molecular flexibility index (Phi) is 12.9. The van der Waals surface area contributed by atoms with E-state index in [0.717, 1.165) is 28.2 Å². The monoisotopic (exact) mass is 1050 g/mol. The van der Waals surface area contributed by atoms with Gasteiger partial charge in [0.1, 0.15) is 74.3 Å². The number of ether oxygens (including phenoxy) is 2. The predicted molar refractivity (Wildman–Crippen MR) is 264 cm³/mol. The van der Waals surface area contributed by atoms with Gasteiger partial charge >= 0.3 is 6.18 Å². The molecule has 10 aromatic rings. The second kappa shape index (κ2) is 19.3. The molecule has 0 aliphatic carbocycles. The second-order valence-electron chi connectivity index (χ2n) is 16.4. The van der Waals surface area contributed by atoms with E-state index in [1.165, 1.54) is 40.1 Å². The molecule has 0 fully saturated rings. The fourth-order valence-electron chi connectivity index (χ4n) is 8.16. The minimum Gasteiger partial charge on any atom is -0.486 e. The highest BCUT2D eigenvalue weighted by Gasteiger charge is 2.34. The maximum atomic E-state index is 14.1. The molecule has 0 unspecified atom stereocenters. The Bertz CT molecular complexity index is 3890. The molecule has 0 bridgehead atoms. The van der Waals surface area contributed by atoms with E-state index in [2.05, 4.69) is 15.1 Å². The molecule has 2 aromatic carbocycles. The predicted octanol–water partition coefficient (Wildman–Crippen LogP) is 11.8. The van der Waals surface area contributed by atoms with Gasteiger partial charge < -0.3 is 18.6 Å². The highest BCUT2D eigenvalue weighted by atomic mass is 35.5. The molecule has 0 amide bonds. The quantitative estimate of drug-likeness (QED) is 0.101. The molecule has 0 saturated carbocycles. The summed E-state index contributed by atoms with van der Waals surface area (Å²) in [5, 5.41) is 6.13. The molecule has 8 heterocycles. The Balaban J connectivity index is 1.01. The lowest BCUT2D eigenvalue weighted by atomic mass is 10.0. The lowest BCUT2D eigenvalue weighted by Gasteiger charge is -2.17. The van der Waals surface area contributed by atoms with Crippen molar-refractivity contribution in [1.29, 1.82) is 0 Å². The van der Waals surface area contributed by atoms with Crippen molar-refractivity contribution in [2.75, 3.05) is 0 Å². The van der Waals surface area contributed by atoms with Crippen LogP contribution in [0.3, 0.4) is 0 Å². The molecule has 0 aliphatic rings. The zero-order valence-electron chi connectivity index (χ0n) is 37.8. The van der Waals surface area contributed by atoms with Gasteiger partial charge in [-0.25, -0.2) is 29.0 Å². The molecule has 10 rings (SSSR count). The number of alkyl halides is 3. The van der Waals surface area contributed by atoms with Crippen LogP contribution in [0.25, 0.3) is 49.5 Å². The van der Waals surface area contributed by atoms with Gasteiger partial charge in [0.25, 0.3) is 11.1 Å². The van der Waals surface area contributed by atoms with Gasteiger partial charge in [-0.1, -0.05) is 70.4 Å². The first kappa shape index (κ1) is 48.2. The third-order valence-corrected chi connectivity index (χ3v) is 13.4. The minimum atomic E-state index is -4.92. The number of aryl methyl sites for hydroxylation is 3. The molecule has 14 nitrogen and oxygen atoms in total. The molecule has 22 heteroatoms. The highest BCUT2D eigenvalue weighted by Crippen LogP contribution is 2.42. The first-order chi connectivity index (χ1) is 34.5. The fourth-order valence-corrected chi connectivity index (χ4v) is 9.78. The Morgan fingerprint density at radius 2 is 1.46 bits per heavy atom. The molecule has 8 aromatic heterocycles. The Labute approximate surface area is 423 Å². The molecule has 72 heavy (non-hydrogen) atoms. The van der Waals surface area contributed by atoms with E-state index >= 15 is 0 Å². The third kappa shape index (κ3) is 9.55. The fraction of sp³-hybridized carbons (Fsp3) is 0.160. The number of rotatable bonds is 13. The van der Waals surface area contributed by atoms with E-state index < -0.39 is 29.7 Å². The Hall–Kier alpha value is -7.45. The summed E-state index contributed by atoms with van der Waals surface area (Å²) in [6.45, 7) is 4.54. The summed E-state index contributed by atoms with van der Waals surface area (Å²) in [5.41, 5.74) is 2.25.